The summed E-state index contributed by atoms with van der Waals surface area (Å²) >= 11 is 0. The van der Waals surface area contributed by atoms with Gasteiger partial charge in [-0.3, -0.25) is 9.59 Å². The Kier molecular flexibility index (Phi) is 7.57. The van der Waals surface area contributed by atoms with Crippen molar-refractivity contribution < 1.29 is 14.3 Å². The maximum absolute atomic E-state index is 13.4. The lowest BCUT2D eigenvalue weighted by Gasteiger charge is -2.35. The number of para-hydroxylation sites is 1. The van der Waals surface area contributed by atoms with Gasteiger partial charge in [0, 0.05) is 26.1 Å². The number of hydrogen-bond acceptors (Lipinski definition) is 3. The minimum absolute atomic E-state index is 0.000436. The number of fused-ring (bicyclic) bond motifs is 1. The molecule has 1 aromatic rings. The number of ether oxygens (including phenoxy) is 1. The van der Waals surface area contributed by atoms with Crippen molar-refractivity contribution in [2.75, 3.05) is 26.7 Å². The summed E-state index contributed by atoms with van der Waals surface area (Å²) in [5.74, 6) is 1.58. The highest BCUT2D eigenvalue weighted by atomic mass is 16.5. The van der Waals surface area contributed by atoms with E-state index in [1.165, 1.54) is 0 Å². The van der Waals surface area contributed by atoms with Crippen LogP contribution in [0.1, 0.15) is 69.2 Å². The molecule has 5 heteroatoms. The molecule has 2 amide bonds. The highest BCUT2D eigenvalue weighted by Gasteiger charge is 2.32. The molecule has 1 aliphatic heterocycles. The quantitative estimate of drug-likeness (QED) is 0.757. The molecule has 0 spiro atoms. The van der Waals surface area contributed by atoms with Crippen molar-refractivity contribution in [1.29, 1.82) is 0 Å². The van der Waals surface area contributed by atoms with Gasteiger partial charge in [0.15, 0.2) is 0 Å². The standard InChI is InChI=1S/C24H36N2O3/c1-18(2)16-20-17-29-22-13-7-6-12-21(22)24(28)25(3)14-8-9-15-26(20)23(27)19-10-4-5-11-19/h6-7,12-13,18-20H,4-5,8-11,14-17H2,1-3H3/t20-/m0/s1. The van der Waals surface area contributed by atoms with Gasteiger partial charge in [-0.1, -0.05) is 38.8 Å². The molecule has 3 rings (SSSR count). The Balaban J connectivity index is 1.87. The van der Waals surface area contributed by atoms with Crippen LogP contribution in [0.25, 0.3) is 0 Å². The van der Waals surface area contributed by atoms with Crippen LogP contribution < -0.4 is 4.74 Å². The second-order valence-electron chi connectivity index (χ2n) is 9.04. The fourth-order valence-electron chi connectivity index (χ4n) is 4.60. The largest absolute Gasteiger partial charge is 0.491 e. The van der Waals surface area contributed by atoms with Crippen molar-refractivity contribution >= 4 is 11.8 Å². The van der Waals surface area contributed by atoms with E-state index < -0.39 is 0 Å². The number of nitrogens with zero attached hydrogens (tertiary/aromatic N) is 2. The number of rotatable bonds is 3. The van der Waals surface area contributed by atoms with E-state index in [0.717, 1.165) is 51.5 Å². The summed E-state index contributed by atoms with van der Waals surface area (Å²) in [7, 11) is 1.84. The van der Waals surface area contributed by atoms with Gasteiger partial charge in [-0.05, 0) is 50.2 Å². The summed E-state index contributed by atoms with van der Waals surface area (Å²) < 4.78 is 6.19. The zero-order valence-electron chi connectivity index (χ0n) is 18.2. The fourth-order valence-corrected chi connectivity index (χ4v) is 4.60. The molecule has 1 heterocycles. The van der Waals surface area contributed by atoms with Gasteiger partial charge in [0.05, 0.1) is 11.6 Å². The lowest BCUT2D eigenvalue weighted by molar-refractivity contribution is -0.139. The molecule has 0 aromatic heterocycles. The first-order valence-corrected chi connectivity index (χ1v) is 11.2. The fraction of sp³-hybridized carbons (Fsp3) is 0.667. The van der Waals surface area contributed by atoms with Crippen LogP contribution in [0.3, 0.4) is 0 Å². The first-order valence-electron chi connectivity index (χ1n) is 11.2. The van der Waals surface area contributed by atoms with Crippen LogP contribution in [0, 0.1) is 11.8 Å². The van der Waals surface area contributed by atoms with E-state index in [1.807, 2.05) is 31.3 Å². The number of carbonyl (C=O) groups is 2. The molecule has 29 heavy (non-hydrogen) atoms. The molecule has 160 valence electrons. The highest BCUT2D eigenvalue weighted by molar-refractivity contribution is 5.96. The van der Waals surface area contributed by atoms with E-state index in [9.17, 15) is 9.59 Å². The SMILES string of the molecule is CC(C)C[C@H]1COc2ccccc2C(=O)N(C)CCCCN1C(=O)C1CCCC1. The van der Waals surface area contributed by atoms with Crippen LogP contribution in [-0.2, 0) is 4.79 Å². The monoisotopic (exact) mass is 400 g/mol. The Morgan fingerprint density at radius 1 is 1.10 bits per heavy atom. The third kappa shape index (κ3) is 5.52. The normalized spacial score (nSPS) is 22.1. The second kappa shape index (κ2) is 10.1. The molecular weight excluding hydrogens is 364 g/mol. The summed E-state index contributed by atoms with van der Waals surface area (Å²) in [6.07, 6.45) is 7.08. The molecule has 0 saturated heterocycles. The molecule has 0 bridgehead atoms. The molecule has 1 aliphatic carbocycles. The highest BCUT2D eigenvalue weighted by Crippen LogP contribution is 2.29. The lowest BCUT2D eigenvalue weighted by atomic mass is 9.99. The first-order chi connectivity index (χ1) is 14.0. The smallest absolute Gasteiger partial charge is 0.257 e. The van der Waals surface area contributed by atoms with Gasteiger partial charge in [-0.15, -0.1) is 0 Å². The molecule has 5 nitrogen and oxygen atoms in total. The maximum Gasteiger partial charge on any atom is 0.257 e. The Morgan fingerprint density at radius 2 is 1.79 bits per heavy atom. The molecule has 1 atom stereocenters. The number of carbonyl (C=O) groups excluding carboxylic acids is 2. The molecule has 0 radical (unpaired) electrons. The van der Waals surface area contributed by atoms with Crippen molar-refractivity contribution in [3.8, 4) is 5.75 Å². The van der Waals surface area contributed by atoms with E-state index in [0.29, 0.717) is 36.3 Å². The van der Waals surface area contributed by atoms with Gasteiger partial charge < -0.3 is 14.5 Å². The van der Waals surface area contributed by atoms with E-state index >= 15 is 0 Å². The van der Waals surface area contributed by atoms with Crippen molar-refractivity contribution in [3.63, 3.8) is 0 Å². The molecule has 0 unspecified atom stereocenters. The lowest BCUT2D eigenvalue weighted by Crippen LogP contribution is -2.47. The third-order valence-electron chi connectivity index (χ3n) is 6.21. The van der Waals surface area contributed by atoms with E-state index in [4.69, 9.17) is 4.74 Å². The Labute approximate surface area is 175 Å². The molecule has 0 N–H and O–H groups in total. The van der Waals surface area contributed by atoms with Gasteiger partial charge in [0.2, 0.25) is 5.91 Å². The molecule has 1 fully saturated rings. The summed E-state index contributed by atoms with van der Waals surface area (Å²) in [6, 6.07) is 7.52. The number of amides is 2. The van der Waals surface area contributed by atoms with Crippen LogP contribution in [0.5, 0.6) is 5.75 Å². The topological polar surface area (TPSA) is 49.9 Å². The zero-order chi connectivity index (χ0) is 20.8. The van der Waals surface area contributed by atoms with Gasteiger partial charge in [-0.25, -0.2) is 0 Å². The Bertz CT molecular complexity index is 697. The van der Waals surface area contributed by atoms with E-state index in [2.05, 4.69) is 18.7 Å². The maximum atomic E-state index is 13.4. The van der Waals surface area contributed by atoms with E-state index in [-0.39, 0.29) is 17.9 Å². The van der Waals surface area contributed by atoms with Crippen LogP contribution >= 0.6 is 0 Å². The zero-order valence-corrected chi connectivity index (χ0v) is 18.2. The van der Waals surface area contributed by atoms with Gasteiger partial charge in [0.1, 0.15) is 12.4 Å². The van der Waals surface area contributed by atoms with E-state index in [1.54, 1.807) is 4.90 Å². The minimum Gasteiger partial charge on any atom is -0.491 e. The molecule has 1 saturated carbocycles. The third-order valence-corrected chi connectivity index (χ3v) is 6.21. The van der Waals surface area contributed by atoms with Gasteiger partial charge in [0.25, 0.3) is 5.91 Å². The molecular formula is C24H36N2O3. The van der Waals surface area contributed by atoms with Crippen molar-refractivity contribution in [3.05, 3.63) is 29.8 Å². The van der Waals surface area contributed by atoms with Crippen LogP contribution in [0.15, 0.2) is 24.3 Å². The summed E-state index contributed by atoms with van der Waals surface area (Å²) in [5.41, 5.74) is 0.604. The van der Waals surface area contributed by atoms with Crippen molar-refractivity contribution in [2.45, 2.75) is 64.8 Å². The average molecular weight is 401 g/mol. The Morgan fingerprint density at radius 3 is 2.52 bits per heavy atom. The number of benzene rings is 1. The average Bonchev–Trinajstić information content (AvgIpc) is 3.24. The molecule has 2 aliphatic rings. The summed E-state index contributed by atoms with van der Waals surface area (Å²) in [5, 5.41) is 0. The van der Waals surface area contributed by atoms with Crippen molar-refractivity contribution in [2.24, 2.45) is 11.8 Å². The second-order valence-corrected chi connectivity index (χ2v) is 9.04. The predicted molar refractivity (Wildman–Crippen MR) is 115 cm³/mol. The summed E-state index contributed by atoms with van der Waals surface area (Å²) in [6.45, 7) is 6.26. The minimum atomic E-state index is 0.000436. The van der Waals surface area contributed by atoms with Crippen LogP contribution in [0.2, 0.25) is 0 Å². The van der Waals surface area contributed by atoms with Crippen LogP contribution in [0.4, 0.5) is 0 Å². The van der Waals surface area contributed by atoms with Gasteiger partial charge >= 0.3 is 0 Å². The number of hydrogen-bond donors (Lipinski definition) is 0. The Hall–Kier alpha value is -2.04. The molecule has 1 aromatic carbocycles. The predicted octanol–water partition coefficient (Wildman–Crippen LogP) is 4.36. The van der Waals surface area contributed by atoms with Gasteiger partial charge in [-0.2, -0.15) is 0 Å². The van der Waals surface area contributed by atoms with Crippen LogP contribution in [-0.4, -0.2) is 54.4 Å². The summed E-state index contributed by atoms with van der Waals surface area (Å²) in [4.78, 5) is 30.1. The van der Waals surface area contributed by atoms with Crippen molar-refractivity contribution in [1.82, 2.24) is 9.80 Å². The first kappa shape index (κ1) is 21.7.